The van der Waals surface area contributed by atoms with Crippen LogP contribution < -0.4 is 14.2 Å². The number of carbonyl (C=O) groups is 1. The van der Waals surface area contributed by atoms with Crippen molar-refractivity contribution in [1.29, 1.82) is 0 Å². The molecule has 104 valence electrons. The number of aliphatic hydroxyl groups excluding tert-OH is 1. The van der Waals surface area contributed by atoms with Crippen molar-refractivity contribution in [1.82, 2.24) is 0 Å². The predicted molar refractivity (Wildman–Crippen MR) is 66.2 cm³/mol. The molecule has 1 heterocycles. The van der Waals surface area contributed by atoms with Crippen LogP contribution in [0.1, 0.15) is 18.1 Å². The Balaban J connectivity index is 2.65. The number of rotatable bonds is 3. The van der Waals surface area contributed by atoms with Gasteiger partial charge >= 0.3 is 5.97 Å². The smallest absolute Gasteiger partial charge is 0.337 e. The summed E-state index contributed by atoms with van der Waals surface area (Å²) in [5, 5.41) is 18.9. The van der Waals surface area contributed by atoms with E-state index in [4.69, 9.17) is 30.9 Å². The van der Waals surface area contributed by atoms with Gasteiger partial charge in [0.1, 0.15) is 5.75 Å². The molecule has 0 aliphatic carbocycles. The van der Waals surface area contributed by atoms with Crippen molar-refractivity contribution in [2.75, 3.05) is 20.3 Å². The number of carboxylic acids is 1. The molecule has 1 atom stereocenters. The van der Waals surface area contributed by atoms with Crippen molar-refractivity contribution in [3.8, 4) is 17.2 Å². The van der Waals surface area contributed by atoms with Crippen LogP contribution >= 0.6 is 11.6 Å². The summed E-state index contributed by atoms with van der Waals surface area (Å²) < 4.78 is 16.0. The van der Waals surface area contributed by atoms with Gasteiger partial charge in [-0.2, -0.15) is 0 Å². The first-order valence-electron chi connectivity index (χ1n) is 5.63. The number of halogens is 1. The number of ether oxygens (including phenoxy) is 3. The molecule has 1 aromatic rings. The Bertz CT molecular complexity index is 501. The highest BCUT2D eigenvalue weighted by atomic mass is 35.5. The van der Waals surface area contributed by atoms with Crippen LogP contribution in [-0.2, 0) is 4.79 Å². The second kappa shape index (κ2) is 5.54. The molecular formula is C12H13ClO6. The maximum Gasteiger partial charge on any atom is 0.337 e. The van der Waals surface area contributed by atoms with Crippen LogP contribution in [-0.4, -0.2) is 36.5 Å². The highest BCUT2D eigenvalue weighted by Crippen LogP contribution is 2.46. The molecule has 0 aromatic heterocycles. The molecule has 0 radical (unpaired) electrons. The van der Waals surface area contributed by atoms with E-state index in [9.17, 15) is 9.90 Å². The molecule has 0 fully saturated rings. The SMILES string of the molecule is COc1c(Cl)cc2c(c1C(O)C(=O)O)OCCCO2. The minimum absolute atomic E-state index is 0.0283. The molecule has 1 aliphatic rings. The van der Waals surface area contributed by atoms with Crippen LogP contribution in [0.15, 0.2) is 6.07 Å². The van der Waals surface area contributed by atoms with Gasteiger partial charge in [0.25, 0.3) is 0 Å². The molecular weight excluding hydrogens is 276 g/mol. The number of benzene rings is 1. The standard InChI is InChI=1S/C12H13ClO6/c1-17-10-6(13)5-7-11(19-4-2-3-18-7)8(10)9(14)12(15)16/h5,9,14H,2-4H2,1H3,(H,15,16). The van der Waals surface area contributed by atoms with E-state index in [0.717, 1.165) is 0 Å². The number of hydrogen-bond acceptors (Lipinski definition) is 5. The molecule has 0 saturated heterocycles. The van der Waals surface area contributed by atoms with Gasteiger partial charge in [0.15, 0.2) is 17.6 Å². The first-order chi connectivity index (χ1) is 9.06. The average Bonchev–Trinajstić information content (AvgIpc) is 2.61. The van der Waals surface area contributed by atoms with Crippen LogP contribution in [0.3, 0.4) is 0 Å². The van der Waals surface area contributed by atoms with Crippen molar-refractivity contribution >= 4 is 17.6 Å². The van der Waals surface area contributed by atoms with E-state index in [0.29, 0.717) is 25.4 Å². The molecule has 0 saturated carbocycles. The fourth-order valence-electron chi connectivity index (χ4n) is 1.86. The van der Waals surface area contributed by atoms with Crippen LogP contribution in [0.2, 0.25) is 5.02 Å². The molecule has 1 unspecified atom stereocenters. The van der Waals surface area contributed by atoms with Gasteiger partial charge in [-0.1, -0.05) is 11.6 Å². The summed E-state index contributed by atoms with van der Waals surface area (Å²) in [5.41, 5.74) is -0.0283. The third-order valence-electron chi connectivity index (χ3n) is 2.69. The summed E-state index contributed by atoms with van der Waals surface area (Å²) in [5.74, 6) is -0.885. The Hall–Kier alpha value is -1.66. The van der Waals surface area contributed by atoms with Gasteiger partial charge in [0.2, 0.25) is 0 Å². The van der Waals surface area contributed by atoms with Crippen LogP contribution in [0.25, 0.3) is 0 Å². The first-order valence-corrected chi connectivity index (χ1v) is 6.01. The summed E-state index contributed by atoms with van der Waals surface area (Å²) in [6, 6.07) is 1.49. The summed E-state index contributed by atoms with van der Waals surface area (Å²) in [7, 11) is 1.34. The van der Waals surface area contributed by atoms with E-state index in [1.807, 2.05) is 0 Å². The van der Waals surface area contributed by atoms with Gasteiger partial charge in [0, 0.05) is 12.5 Å². The van der Waals surface area contributed by atoms with Crippen molar-refractivity contribution in [3.63, 3.8) is 0 Å². The third-order valence-corrected chi connectivity index (χ3v) is 2.97. The molecule has 0 spiro atoms. The lowest BCUT2D eigenvalue weighted by atomic mass is 10.1. The molecule has 0 bridgehead atoms. The maximum absolute atomic E-state index is 11.0. The number of carboxylic acid groups (broad SMARTS) is 1. The summed E-state index contributed by atoms with van der Waals surface area (Å²) in [6.07, 6.45) is -1.15. The Morgan fingerprint density at radius 2 is 2.16 bits per heavy atom. The third kappa shape index (κ3) is 2.54. The largest absolute Gasteiger partial charge is 0.495 e. The van der Waals surface area contributed by atoms with Crippen molar-refractivity contribution < 1.29 is 29.2 Å². The fraction of sp³-hybridized carbons (Fsp3) is 0.417. The highest BCUT2D eigenvalue weighted by molar-refractivity contribution is 6.32. The lowest BCUT2D eigenvalue weighted by Gasteiger charge is -2.19. The lowest BCUT2D eigenvalue weighted by molar-refractivity contribution is -0.147. The monoisotopic (exact) mass is 288 g/mol. The van der Waals surface area contributed by atoms with Crippen LogP contribution in [0, 0.1) is 0 Å². The number of aliphatic carboxylic acids is 1. The molecule has 1 aliphatic heterocycles. The van der Waals surface area contributed by atoms with Gasteiger partial charge in [-0.05, 0) is 0 Å². The van der Waals surface area contributed by atoms with Crippen molar-refractivity contribution in [2.24, 2.45) is 0 Å². The molecule has 7 heteroatoms. The lowest BCUT2D eigenvalue weighted by Crippen LogP contribution is -2.14. The van der Waals surface area contributed by atoms with Crippen LogP contribution in [0.5, 0.6) is 17.2 Å². The van der Waals surface area contributed by atoms with Crippen molar-refractivity contribution in [2.45, 2.75) is 12.5 Å². The number of hydrogen-bond donors (Lipinski definition) is 2. The Labute approximate surface area is 114 Å². The highest BCUT2D eigenvalue weighted by Gasteiger charge is 2.31. The van der Waals surface area contributed by atoms with E-state index in [2.05, 4.69) is 0 Å². The second-order valence-corrected chi connectivity index (χ2v) is 4.33. The zero-order valence-corrected chi connectivity index (χ0v) is 10.9. The molecule has 0 amide bonds. The molecule has 6 nitrogen and oxygen atoms in total. The molecule has 19 heavy (non-hydrogen) atoms. The van der Waals surface area contributed by atoms with Gasteiger partial charge < -0.3 is 24.4 Å². The quantitative estimate of drug-likeness (QED) is 0.879. The molecule has 2 N–H and O–H groups in total. The van der Waals surface area contributed by atoms with E-state index >= 15 is 0 Å². The summed E-state index contributed by atoms with van der Waals surface area (Å²) in [4.78, 5) is 11.0. The van der Waals surface area contributed by atoms with Gasteiger partial charge in [0.05, 0.1) is 30.9 Å². The topological polar surface area (TPSA) is 85.2 Å². The fourth-order valence-corrected chi connectivity index (χ4v) is 2.14. The minimum atomic E-state index is -1.80. The Morgan fingerprint density at radius 3 is 2.79 bits per heavy atom. The maximum atomic E-state index is 11.0. The molecule has 2 rings (SSSR count). The minimum Gasteiger partial charge on any atom is -0.495 e. The van der Waals surface area contributed by atoms with E-state index in [-0.39, 0.29) is 22.1 Å². The van der Waals surface area contributed by atoms with E-state index in [1.165, 1.54) is 13.2 Å². The van der Waals surface area contributed by atoms with Gasteiger partial charge in [-0.15, -0.1) is 0 Å². The Kier molecular flexibility index (Phi) is 4.01. The van der Waals surface area contributed by atoms with E-state index < -0.39 is 12.1 Å². The van der Waals surface area contributed by atoms with Crippen LogP contribution in [0.4, 0.5) is 0 Å². The zero-order valence-electron chi connectivity index (χ0n) is 10.2. The Morgan fingerprint density at radius 1 is 1.47 bits per heavy atom. The number of methoxy groups -OCH3 is 1. The summed E-state index contributed by atoms with van der Waals surface area (Å²) >= 11 is 6.00. The van der Waals surface area contributed by atoms with Gasteiger partial charge in [-0.25, -0.2) is 4.79 Å². The number of fused-ring (bicyclic) bond motifs is 1. The van der Waals surface area contributed by atoms with E-state index in [1.54, 1.807) is 0 Å². The summed E-state index contributed by atoms with van der Waals surface area (Å²) in [6.45, 7) is 0.787. The van der Waals surface area contributed by atoms with Crippen molar-refractivity contribution in [3.05, 3.63) is 16.7 Å². The zero-order chi connectivity index (χ0) is 14.0. The first kappa shape index (κ1) is 13.8. The molecule has 1 aromatic carbocycles. The average molecular weight is 289 g/mol. The second-order valence-electron chi connectivity index (χ2n) is 3.92. The normalized spacial score (nSPS) is 15.5. The predicted octanol–water partition coefficient (Wildman–Crippen LogP) is 1.63. The number of aliphatic hydroxyl groups is 1. The van der Waals surface area contributed by atoms with Gasteiger partial charge in [-0.3, -0.25) is 0 Å².